The molecule has 1 aromatic heterocycles. The number of aromatic amines is 1. The minimum Gasteiger partial charge on any atom is -0.398 e. The Morgan fingerprint density at radius 1 is 1.00 bits per heavy atom. The topological polar surface area (TPSA) is 47.1 Å². The molecule has 1 saturated heterocycles. The zero-order valence-electron chi connectivity index (χ0n) is 12.3. The number of nitrogens with zero attached hydrogens (tertiary/aromatic N) is 1. The van der Waals surface area contributed by atoms with E-state index in [2.05, 4.69) is 22.3 Å². The number of benzene rings is 1. The summed E-state index contributed by atoms with van der Waals surface area (Å²) in [6.07, 6.45) is 1.82. The normalized spacial score (nSPS) is 20.3. The van der Waals surface area contributed by atoms with E-state index in [0.29, 0.717) is 0 Å². The second-order valence-electron chi connectivity index (χ2n) is 6.15. The van der Waals surface area contributed by atoms with Gasteiger partial charge < -0.3 is 9.31 Å². The Morgan fingerprint density at radius 2 is 1.60 bits per heavy atom. The lowest BCUT2D eigenvalue weighted by Gasteiger charge is -2.32. The molecule has 2 aromatic rings. The second-order valence-corrected chi connectivity index (χ2v) is 6.15. The largest absolute Gasteiger partial charge is 0.514 e. The smallest absolute Gasteiger partial charge is 0.398 e. The van der Waals surface area contributed by atoms with E-state index in [-0.39, 0.29) is 11.2 Å². The molecule has 0 unspecified atom stereocenters. The minimum atomic E-state index is -0.419. The second kappa shape index (κ2) is 4.47. The van der Waals surface area contributed by atoms with E-state index in [1.165, 1.54) is 0 Å². The van der Waals surface area contributed by atoms with Gasteiger partial charge in [0.15, 0.2) is 0 Å². The first-order valence-electron chi connectivity index (χ1n) is 6.85. The van der Waals surface area contributed by atoms with E-state index in [4.69, 9.17) is 9.31 Å². The Labute approximate surface area is 119 Å². The SMILES string of the molecule is CC1(C)OB(c2[nH]ncc2-c2ccccc2)OC1(C)C. The molecule has 1 aliphatic heterocycles. The van der Waals surface area contributed by atoms with Crippen LogP contribution in [-0.4, -0.2) is 28.5 Å². The molecule has 0 aliphatic carbocycles. The number of hydrogen-bond acceptors (Lipinski definition) is 3. The summed E-state index contributed by atoms with van der Waals surface area (Å²) in [5, 5.41) is 7.18. The lowest BCUT2D eigenvalue weighted by Crippen LogP contribution is -2.41. The number of rotatable bonds is 2. The molecule has 0 saturated carbocycles. The van der Waals surface area contributed by atoms with Crippen LogP contribution in [0.25, 0.3) is 11.1 Å². The van der Waals surface area contributed by atoms with Gasteiger partial charge in [0.1, 0.15) is 0 Å². The first-order chi connectivity index (χ1) is 9.41. The third-order valence-corrected chi connectivity index (χ3v) is 4.24. The summed E-state index contributed by atoms with van der Waals surface area (Å²) < 4.78 is 12.2. The predicted molar refractivity (Wildman–Crippen MR) is 79.7 cm³/mol. The van der Waals surface area contributed by atoms with Crippen LogP contribution < -0.4 is 5.59 Å². The molecule has 5 heteroatoms. The van der Waals surface area contributed by atoms with Gasteiger partial charge in [-0.1, -0.05) is 30.3 Å². The Hall–Kier alpha value is -1.59. The van der Waals surface area contributed by atoms with Crippen LogP contribution in [0.2, 0.25) is 0 Å². The van der Waals surface area contributed by atoms with E-state index in [1.807, 2.05) is 52.1 Å². The summed E-state index contributed by atoms with van der Waals surface area (Å²) in [5.74, 6) is 0. The zero-order valence-corrected chi connectivity index (χ0v) is 12.3. The van der Waals surface area contributed by atoms with Gasteiger partial charge in [-0.05, 0) is 33.3 Å². The molecular weight excluding hydrogens is 251 g/mol. The first kappa shape index (κ1) is 13.4. The van der Waals surface area contributed by atoms with Gasteiger partial charge in [0.25, 0.3) is 0 Å². The van der Waals surface area contributed by atoms with E-state index in [0.717, 1.165) is 16.7 Å². The molecule has 0 atom stereocenters. The molecule has 0 radical (unpaired) electrons. The average Bonchev–Trinajstić information content (AvgIpc) is 2.94. The van der Waals surface area contributed by atoms with Gasteiger partial charge in [-0.3, -0.25) is 5.10 Å². The highest BCUT2D eigenvalue weighted by Gasteiger charge is 2.52. The van der Waals surface area contributed by atoms with Crippen molar-refractivity contribution in [3.63, 3.8) is 0 Å². The Bertz CT molecular complexity index is 591. The first-order valence-corrected chi connectivity index (χ1v) is 6.85. The fourth-order valence-corrected chi connectivity index (χ4v) is 2.28. The number of nitrogens with one attached hydrogen (secondary N) is 1. The van der Waals surface area contributed by atoms with Gasteiger partial charge in [0.05, 0.1) is 23.0 Å². The summed E-state index contributed by atoms with van der Waals surface area (Å²) in [7, 11) is -0.419. The van der Waals surface area contributed by atoms with Gasteiger partial charge in [0.2, 0.25) is 0 Å². The molecule has 1 N–H and O–H groups in total. The third kappa shape index (κ3) is 2.07. The maximum atomic E-state index is 6.08. The molecule has 0 spiro atoms. The van der Waals surface area contributed by atoms with Gasteiger partial charge in [0, 0.05) is 5.56 Å². The summed E-state index contributed by atoms with van der Waals surface area (Å²) in [6, 6.07) is 10.1. The van der Waals surface area contributed by atoms with Crippen LogP contribution in [0.3, 0.4) is 0 Å². The van der Waals surface area contributed by atoms with E-state index in [1.54, 1.807) is 0 Å². The third-order valence-electron chi connectivity index (χ3n) is 4.24. The highest BCUT2D eigenvalue weighted by molar-refractivity contribution is 6.62. The van der Waals surface area contributed by atoms with Crippen LogP contribution in [-0.2, 0) is 9.31 Å². The van der Waals surface area contributed by atoms with Crippen LogP contribution in [0.5, 0.6) is 0 Å². The highest BCUT2D eigenvalue weighted by atomic mass is 16.7. The summed E-state index contributed by atoms with van der Waals surface area (Å²) in [6.45, 7) is 8.19. The van der Waals surface area contributed by atoms with Crippen molar-refractivity contribution >= 4 is 12.7 Å². The fraction of sp³-hybridized carbons (Fsp3) is 0.400. The molecule has 104 valence electrons. The van der Waals surface area contributed by atoms with Crippen molar-refractivity contribution < 1.29 is 9.31 Å². The van der Waals surface area contributed by atoms with Crippen LogP contribution in [0, 0.1) is 0 Å². The number of H-pyrrole nitrogens is 1. The molecule has 20 heavy (non-hydrogen) atoms. The lowest BCUT2D eigenvalue weighted by atomic mass is 9.80. The van der Waals surface area contributed by atoms with Crippen LogP contribution in [0.15, 0.2) is 36.5 Å². The van der Waals surface area contributed by atoms with E-state index < -0.39 is 7.12 Å². The van der Waals surface area contributed by atoms with Crippen molar-refractivity contribution in [2.75, 3.05) is 0 Å². The van der Waals surface area contributed by atoms with Crippen LogP contribution >= 0.6 is 0 Å². The van der Waals surface area contributed by atoms with Gasteiger partial charge in [-0.15, -0.1) is 0 Å². The molecule has 4 nitrogen and oxygen atoms in total. The Balaban J connectivity index is 1.96. The summed E-state index contributed by atoms with van der Waals surface area (Å²) in [5.41, 5.74) is 2.29. The van der Waals surface area contributed by atoms with Crippen molar-refractivity contribution in [2.45, 2.75) is 38.9 Å². The van der Waals surface area contributed by atoms with Crippen molar-refractivity contribution in [3.05, 3.63) is 36.5 Å². The summed E-state index contributed by atoms with van der Waals surface area (Å²) >= 11 is 0. The number of aromatic nitrogens is 2. The summed E-state index contributed by atoms with van der Waals surface area (Å²) in [4.78, 5) is 0. The van der Waals surface area contributed by atoms with Crippen LogP contribution in [0.1, 0.15) is 27.7 Å². The van der Waals surface area contributed by atoms with Crippen molar-refractivity contribution in [2.24, 2.45) is 0 Å². The maximum Gasteiger partial charge on any atom is 0.514 e. The minimum absolute atomic E-state index is 0.350. The maximum absolute atomic E-state index is 6.08. The molecule has 0 bridgehead atoms. The lowest BCUT2D eigenvalue weighted by molar-refractivity contribution is 0.00578. The fourth-order valence-electron chi connectivity index (χ4n) is 2.28. The highest BCUT2D eigenvalue weighted by Crippen LogP contribution is 2.37. The van der Waals surface area contributed by atoms with E-state index >= 15 is 0 Å². The molecule has 1 aromatic carbocycles. The molecular formula is C15H19BN2O2. The van der Waals surface area contributed by atoms with Crippen LogP contribution in [0.4, 0.5) is 0 Å². The monoisotopic (exact) mass is 270 g/mol. The molecule has 1 aliphatic rings. The standard InChI is InChI=1S/C15H19BN2O2/c1-14(2)15(3,4)20-16(19-14)13-12(10-17-18-13)11-8-6-5-7-9-11/h5-10H,1-4H3,(H,17,18). The van der Waals surface area contributed by atoms with Gasteiger partial charge in [-0.2, -0.15) is 5.10 Å². The van der Waals surface area contributed by atoms with Crippen molar-refractivity contribution in [3.8, 4) is 11.1 Å². The van der Waals surface area contributed by atoms with E-state index in [9.17, 15) is 0 Å². The van der Waals surface area contributed by atoms with Crippen molar-refractivity contribution in [1.82, 2.24) is 10.2 Å². The molecule has 1 fully saturated rings. The molecule has 0 amide bonds. The van der Waals surface area contributed by atoms with Gasteiger partial charge >= 0.3 is 7.12 Å². The quantitative estimate of drug-likeness (QED) is 0.852. The van der Waals surface area contributed by atoms with Gasteiger partial charge in [-0.25, -0.2) is 0 Å². The Morgan fingerprint density at radius 3 is 2.20 bits per heavy atom. The predicted octanol–water partition coefficient (Wildman–Crippen LogP) is 2.38. The zero-order chi connectivity index (χ0) is 14.4. The molecule has 2 heterocycles. The average molecular weight is 270 g/mol. The Kier molecular flexibility index (Phi) is 2.99. The number of hydrogen-bond donors (Lipinski definition) is 1. The molecule has 3 rings (SSSR count). The van der Waals surface area contributed by atoms with Crippen molar-refractivity contribution in [1.29, 1.82) is 0 Å².